The van der Waals surface area contributed by atoms with Gasteiger partial charge < -0.3 is 4.74 Å². The molecule has 17 heavy (non-hydrogen) atoms. The van der Waals surface area contributed by atoms with Gasteiger partial charge in [-0.15, -0.1) is 0 Å². The van der Waals surface area contributed by atoms with Crippen molar-refractivity contribution in [1.29, 1.82) is 0 Å². The molecule has 2 heterocycles. The highest BCUT2D eigenvalue weighted by Gasteiger charge is 2.22. The fourth-order valence-corrected chi connectivity index (χ4v) is 2.73. The molecule has 0 spiro atoms. The maximum atomic E-state index is 5.66. The Labute approximate surface area is 103 Å². The van der Waals surface area contributed by atoms with Crippen LogP contribution in [0.5, 0.6) is 0 Å². The molecule has 0 radical (unpaired) electrons. The monoisotopic (exact) mass is 232 g/mol. The van der Waals surface area contributed by atoms with E-state index in [-0.39, 0.29) is 0 Å². The normalized spacial score (nSPS) is 25.5. The molecule has 2 aliphatic rings. The quantitative estimate of drug-likeness (QED) is 0.846. The fraction of sp³-hybridized carbons (Fsp3) is 0.571. The molecule has 92 valence electrons. The first-order chi connectivity index (χ1) is 8.43. The van der Waals surface area contributed by atoms with Gasteiger partial charge in [0.2, 0.25) is 0 Å². The third kappa shape index (κ3) is 2.51. The largest absolute Gasteiger partial charge is 0.375 e. The highest BCUT2D eigenvalue weighted by molar-refractivity contribution is 5.30. The van der Waals surface area contributed by atoms with Gasteiger partial charge in [-0.3, -0.25) is 0 Å². The summed E-state index contributed by atoms with van der Waals surface area (Å²) in [5.74, 6) is 0. The van der Waals surface area contributed by atoms with Gasteiger partial charge >= 0.3 is 0 Å². The number of hydrazine groups is 1. The number of ether oxygens (including phenoxy) is 1. The van der Waals surface area contributed by atoms with Crippen molar-refractivity contribution < 1.29 is 4.74 Å². The van der Waals surface area contributed by atoms with Crippen molar-refractivity contribution in [3.63, 3.8) is 0 Å². The fourth-order valence-electron chi connectivity index (χ4n) is 2.73. The van der Waals surface area contributed by atoms with Gasteiger partial charge in [-0.25, -0.2) is 10.4 Å². The van der Waals surface area contributed by atoms with E-state index >= 15 is 0 Å². The van der Waals surface area contributed by atoms with E-state index < -0.39 is 0 Å². The standard InChI is InChI=1S/C14H20N2O/c1-4-8-16(9-5-1)15-14-11-17-10-12-6-2-3-7-13(12)14/h2-3,6-7,14-15H,1,4-5,8-11H2. The van der Waals surface area contributed by atoms with Crippen molar-refractivity contribution in [1.82, 2.24) is 10.4 Å². The van der Waals surface area contributed by atoms with E-state index in [2.05, 4.69) is 34.7 Å². The predicted molar refractivity (Wildman–Crippen MR) is 67.4 cm³/mol. The second-order valence-corrected chi connectivity index (χ2v) is 4.94. The lowest BCUT2D eigenvalue weighted by molar-refractivity contribution is 0.0395. The van der Waals surface area contributed by atoms with Crippen LogP contribution in [0.1, 0.15) is 36.4 Å². The van der Waals surface area contributed by atoms with Crippen LogP contribution >= 0.6 is 0 Å². The number of fused-ring (bicyclic) bond motifs is 1. The molecule has 0 amide bonds. The van der Waals surface area contributed by atoms with Gasteiger partial charge in [0.15, 0.2) is 0 Å². The minimum Gasteiger partial charge on any atom is -0.375 e. The van der Waals surface area contributed by atoms with Crippen LogP contribution in [0.2, 0.25) is 0 Å². The van der Waals surface area contributed by atoms with E-state index in [0.717, 1.165) is 13.2 Å². The van der Waals surface area contributed by atoms with Crippen molar-refractivity contribution in [2.45, 2.75) is 31.9 Å². The average molecular weight is 232 g/mol. The molecular weight excluding hydrogens is 212 g/mol. The Kier molecular flexibility index (Phi) is 3.41. The lowest BCUT2D eigenvalue weighted by atomic mass is 9.99. The van der Waals surface area contributed by atoms with Crippen molar-refractivity contribution >= 4 is 0 Å². The topological polar surface area (TPSA) is 24.5 Å². The lowest BCUT2D eigenvalue weighted by Gasteiger charge is -2.34. The second kappa shape index (κ2) is 5.17. The summed E-state index contributed by atoms with van der Waals surface area (Å²) in [6, 6.07) is 8.93. The molecule has 0 aromatic heterocycles. The van der Waals surface area contributed by atoms with Gasteiger partial charge in [-0.2, -0.15) is 0 Å². The first-order valence-electron chi connectivity index (χ1n) is 6.60. The summed E-state index contributed by atoms with van der Waals surface area (Å²) < 4.78 is 5.66. The number of hydrogen-bond acceptors (Lipinski definition) is 3. The molecule has 2 aliphatic heterocycles. The Hall–Kier alpha value is -0.900. The summed E-state index contributed by atoms with van der Waals surface area (Å²) in [6.45, 7) is 3.87. The number of piperidine rings is 1. The van der Waals surface area contributed by atoms with Crippen LogP contribution in [0.25, 0.3) is 0 Å². The maximum Gasteiger partial charge on any atom is 0.0721 e. The smallest absolute Gasteiger partial charge is 0.0721 e. The van der Waals surface area contributed by atoms with Crippen LogP contribution in [0.3, 0.4) is 0 Å². The minimum absolute atomic E-state index is 0.332. The molecule has 1 aromatic rings. The summed E-state index contributed by atoms with van der Waals surface area (Å²) in [7, 11) is 0. The highest BCUT2D eigenvalue weighted by atomic mass is 16.5. The molecule has 0 bridgehead atoms. The van der Waals surface area contributed by atoms with Crippen LogP contribution in [-0.4, -0.2) is 24.7 Å². The number of rotatable bonds is 2. The van der Waals surface area contributed by atoms with Gasteiger partial charge in [-0.05, 0) is 24.0 Å². The Morgan fingerprint density at radius 1 is 1.12 bits per heavy atom. The summed E-state index contributed by atoms with van der Waals surface area (Å²) in [4.78, 5) is 0. The van der Waals surface area contributed by atoms with Crippen LogP contribution in [-0.2, 0) is 11.3 Å². The van der Waals surface area contributed by atoms with E-state index in [4.69, 9.17) is 4.74 Å². The van der Waals surface area contributed by atoms with Crippen molar-refractivity contribution in [2.75, 3.05) is 19.7 Å². The third-order valence-electron chi connectivity index (χ3n) is 3.67. The zero-order chi connectivity index (χ0) is 11.5. The maximum absolute atomic E-state index is 5.66. The molecule has 1 fully saturated rings. The van der Waals surface area contributed by atoms with Gasteiger partial charge in [0.05, 0.1) is 19.3 Å². The van der Waals surface area contributed by atoms with Crippen LogP contribution in [0, 0.1) is 0 Å². The SMILES string of the molecule is c1ccc2c(c1)COCC2NN1CCCCC1. The molecule has 0 saturated carbocycles. The Morgan fingerprint density at radius 3 is 2.82 bits per heavy atom. The van der Waals surface area contributed by atoms with E-state index in [1.165, 1.54) is 43.5 Å². The molecule has 1 N–H and O–H groups in total. The second-order valence-electron chi connectivity index (χ2n) is 4.94. The van der Waals surface area contributed by atoms with E-state index in [1.54, 1.807) is 0 Å². The van der Waals surface area contributed by atoms with E-state index in [9.17, 15) is 0 Å². The predicted octanol–water partition coefficient (Wildman–Crippen LogP) is 2.25. The van der Waals surface area contributed by atoms with Gasteiger partial charge in [-0.1, -0.05) is 30.7 Å². The summed E-state index contributed by atoms with van der Waals surface area (Å²) in [6.07, 6.45) is 3.99. The number of nitrogens with zero attached hydrogens (tertiary/aromatic N) is 1. The lowest BCUT2D eigenvalue weighted by Crippen LogP contribution is -2.45. The summed E-state index contributed by atoms with van der Waals surface area (Å²) in [5, 5.41) is 2.36. The van der Waals surface area contributed by atoms with Crippen LogP contribution in [0.15, 0.2) is 24.3 Å². The van der Waals surface area contributed by atoms with E-state index in [0.29, 0.717) is 6.04 Å². The molecule has 3 nitrogen and oxygen atoms in total. The number of nitrogens with one attached hydrogen (secondary N) is 1. The van der Waals surface area contributed by atoms with Gasteiger partial charge in [0.1, 0.15) is 0 Å². The van der Waals surface area contributed by atoms with Gasteiger partial charge in [0, 0.05) is 13.1 Å². The molecule has 1 aromatic carbocycles. The van der Waals surface area contributed by atoms with E-state index in [1.807, 2.05) is 0 Å². The number of hydrogen-bond donors (Lipinski definition) is 1. The third-order valence-corrected chi connectivity index (χ3v) is 3.67. The van der Waals surface area contributed by atoms with Gasteiger partial charge in [0.25, 0.3) is 0 Å². The first-order valence-corrected chi connectivity index (χ1v) is 6.60. The molecule has 3 rings (SSSR count). The zero-order valence-corrected chi connectivity index (χ0v) is 10.2. The highest BCUT2D eigenvalue weighted by Crippen LogP contribution is 2.25. The molecule has 1 unspecified atom stereocenters. The average Bonchev–Trinajstić information content (AvgIpc) is 2.40. The molecule has 0 aliphatic carbocycles. The van der Waals surface area contributed by atoms with Crippen LogP contribution < -0.4 is 5.43 Å². The molecule has 1 atom stereocenters. The Morgan fingerprint density at radius 2 is 1.94 bits per heavy atom. The van der Waals surface area contributed by atoms with Crippen molar-refractivity contribution in [2.24, 2.45) is 0 Å². The number of benzene rings is 1. The Bertz CT molecular complexity index is 374. The summed E-state index contributed by atoms with van der Waals surface area (Å²) >= 11 is 0. The van der Waals surface area contributed by atoms with Crippen molar-refractivity contribution in [3.8, 4) is 0 Å². The Balaban J connectivity index is 1.71. The molecular formula is C14H20N2O. The molecule has 3 heteroatoms. The minimum atomic E-state index is 0.332. The van der Waals surface area contributed by atoms with Crippen LogP contribution in [0.4, 0.5) is 0 Å². The summed E-state index contributed by atoms with van der Waals surface area (Å²) in [5.41, 5.74) is 6.36. The first kappa shape index (κ1) is 11.2. The molecule has 1 saturated heterocycles. The zero-order valence-electron chi connectivity index (χ0n) is 10.2. The van der Waals surface area contributed by atoms with Crippen molar-refractivity contribution in [3.05, 3.63) is 35.4 Å².